The Labute approximate surface area is 136 Å². The summed E-state index contributed by atoms with van der Waals surface area (Å²) >= 11 is 0. The molecule has 1 aliphatic carbocycles. The van der Waals surface area contributed by atoms with Crippen LogP contribution in [0.5, 0.6) is 0 Å². The number of rotatable bonds is 3. The number of aliphatic hydroxyl groups excluding tert-OH is 1. The molecule has 2 aromatic rings. The number of hydrogen-bond acceptors (Lipinski definition) is 3. The molecule has 0 spiro atoms. The first-order valence-electron chi connectivity index (χ1n) is 7.46. The number of amides is 1. The van der Waals surface area contributed by atoms with E-state index < -0.39 is 29.3 Å². The lowest BCUT2D eigenvalue weighted by atomic mass is 9.81. The van der Waals surface area contributed by atoms with Crippen LogP contribution in [0.2, 0.25) is 0 Å². The van der Waals surface area contributed by atoms with Crippen LogP contribution >= 0.6 is 0 Å². The number of nitrogens with one attached hydrogen (secondary N) is 1. The van der Waals surface area contributed by atoms with Gasteiger partial charge in [0.2, 0.25) is 5.67 Å². The van der Waals surface area contributed by atoms with Gasteiger partial charge in [0.1, 0.15) is 11.6 Å². The first-order valence-corrected chi connectivity index (χ1v) is 7.46. The van der Waals surface area contributed by atoms with Crippen LogP contribution in [0.4, 0.5) is 13.2 Å². The van der Waals surface area contributed by atoms with E-state index in [-0.39, 0.29) is 36.2 Å². The number of pyridine rings is 1. The van der Waals surface area contributed by atoms with Crippen molar-refractivity contribution in [2.45, 2.75) is 31.2 Å². The Hall–Kier alpha value is -2.41. The quantitative estimate of drug-likeness (QED) is 0.906. The van der Waals surface area contributed by atoms with E-state index in [1.807, 2.05) is 0 Å². The number of aliphatic hydroxyl groups is 1. The number of hydrogen-bond donors (Lipinski definition) is 2. The SMILES string of the molecule is O=C(NCc1cc(F)cc(F)c1)[C@]1(F)CC[C@H](O)c2ncccc21. The summed E-state index contributed by atoms with van der Waals surface area (Å²) in [5.74, 6) is -2.47. The lowest BCUT2D eigenvalue weighted by Crippen LogP contribution is -2.44. The Morgan fingerprint density at radius 3 is 2.75 bits per heavy atom. The highest BCUT2D eigenvalue weighted by atomic mass is 19.1. The smallest absolute Gasteiger partial charge is 0.262 e. The van der Waals surface area contributed by atoms with E-state index >= 15 is 4.39 Å². The third-order valence-electron chi connectivity index (χ3n) is 4.08. The molecule has 7 heteroatoms. The molecule has 1 aromatic heterocycles. The van der Waals surface area contributed by atoms with Crippen molar-refractivity contribution in [2.75, 3.05) is 0 Å². The van der Waals surface area contributed by atoms with Crippen LogP contribution in [-0.4, -0.2) is 16.0 Å². The van der Waals surface area contributed by atoms with Gasteiger partial charge in [-0.05, 0) is 36.6 Å². The molecule has 0 saturated carbocycles. The lowest BCUT2D eigenvalue weighted by molar-refractivity contribution is -0.135. The molecule has 0 bridgehead atoms. The van der Waals surface area contributed by atoms with Crippen LogP contribution in [0.3, 0.4) is 0 Å². The molecule has 1 aliphatic rings. The number of aromatic nitrogens is 1. The van der Waals surface area contributed by atoms with Crippen molar-refractivity contribution < 1.29 is 23.1 Å². The van der Waals surface area contributed by atoms with Crippen molar-refractivity contribution >= 4 is 5.91 Å². The molecule has 0 radical (unpaired) electrons. The second-order valence-corrected chi connectivity index (χ2v) is 5.75. The minimum atomic E-state index is -2.34. The number of alkyl halides is 1. The fourth-order valence-corrected chi connectivity index (χ4v) is 2.90. The van der Waals surface area contributed by atoms with E-state index in [4.69, 9.17) is 0 Å². The Bertz CT molecular complexity index is 764. The van der Waals surface area contributed by atoms with Gasteiger partial charge in [-0.3, -0.25) is 9.78 Å². The number of halogens is 3. The standard InChI is InChI=1S/C17H15F3N2O2/c18-11-6-10(7-12(19)8-11)9-22-16(24)17(20)4-3-14(23)15-13(17)2-1-5-21-15/h1-2,5-8,14,23H,3-4,9H2,(H,22,24)/t14-,17-/m0/s1. The van der Waals surface area contributed by atoms with E-state index in [1.54, 1.807) is 0 Å². The monoisotopic (exact) mass is 336 g/mol. The molecule has 0 aliphatic heterocycles. The number of benzene rings is 1. The summed E-state index contributed by atoms with van der Waals surface area (Å²) in [5.41, 5.74) is -1.99. The first kappa shape index (κ1) is 16.4. The van der Waals surface area contributed by atoms with Crippen molar-refractivity contribution in [3.05, 3.63) is 65.0 Å². The van der Waals surface area contributed by atoms with Crippen molar-refractivity contribution in [2.24, 2.45) is 0 Å². The summed E-state index contributed by atoms with van der Waals surface area (Å²) in [6.07, 6.45) is 0.357. The molecule has 0 unspecified atom stereocenters. The normalized spacial score (nSPS) is 22.8. The average molecular weight is 336 g/mol. The predicted molar refractivity (Wildman–Crippen MR) is 79.4 cm³/mol. The maximum absolute atomic E-state index is 15.3. The molecule has 1 aromatic carbocycles. The summed E-state index contributed by atoms with van der Waals surface area (Å²) in [6.45, 7) is -0.211. The third kappa shape index (κ3) is 2.99. The highest BCUT2D eigenvalue weighted by Crippen LogP contribution is 2.42. The fourth-order valence-electron chi connectivity index (χ4n) is 2.90. The second kappa shape index (κ2) is 6.24. The van der Waals surface area contributed by atoms with Gasteiger partial charge in [0, 0.05) is 24.4 Å². The van der Waals surface area contributed by atoms with Crippen molar-refractivity contribution in [1.82, 2.24) is 10.3 Å². The Kier molecular flexibility index (Phi) is 4.28. The highest BCUT2D eigenvalue weighted by Gasteiger charge is 2.46. The summed E-state index contributed by atoms with van der Waals surface area (Å²) in [5, 5.41) is 12.3. The summed E-state index contributed by atoms with van der Waals surface area (Å²) in [6, 6.07) is 5.74. The molecular formula is C17H15F3N2O2. The van der Waals surface area contributed by atoms with Gasteiger partial charge in [0.25, 0.3) is 5.91 Å². The summed E-state index contributed by atoms with van der Waals surface area (Å²) in [4.78, 5) is 16.3. The van der Waals surface area contributed by atoms with Crippen LogP contribution in [-0.2, 0) is 17.0 Å². The van der Waals surface area contributed by atoms with Crippen molar-refractivity contribution in [1.29, 1.82) is 0 Å². The maximum Gasteiger partial charge on any atom is 0.262 e. The van der Waals surface area contributed by atoms with Crippen LogP contribution in [0.25, 0.3) is 0 Å². The zero-order valence-corrected chi connectivity index (χ0v) is 12.6. The number of nitrogens with zero attached hydrogens (tertiary/aromatic N) is 1. The number of carbonyl (C=O) groups is 1. The van der Waals surface area contributed by atoms with Crippen LogP contribution < -0.4 is 5.32 Å². The predicted octanol–water partition coefficient (Wildman–Crippen LogP) is 2.67. The van der Waals surface area contributed by atoms with E-state index in [1.165, 1.54) is 18.3 Å². The molecule has 2 atom stereocenters. The number of fused-ring (bicyclic) bond motifs is 1. The van der Waals surface area contributed by atoms with Crippen LogP contribution in [0.1, 0.15) is 35.8 Å². The van der Waals surface area contributed by atoms with Gasteiger partial charge < -0.3 is 10.4 Å². The van der Waals surface area contributed by atoms with E-state index in [0.717, 1.165) is 12.1 Å². The summed E-state index contributed by atoms with van der Waals surface area (Å²) < 4.78 is 41.6. The molecule has 24 heavy (non-hydrogen) atoms. The fraction of sp³-hybridized carbons (Fsp3) is 0.294. The molecule has 4 nitrogen and oxygen atoms in total. The molecule has 126 valence electrons. The number of carbonyl (C=O) groups excluding carboxylic acids is 1. The van der Waals surface area contributed by atoms with Crippen LogP contribution in [0.15, 0.2) is 36.5 Å². The Morgan fingerprint density at radius 1 is 1.33 bits per heavy atom. The molecule has 1 heterocycles. The molecule has 0 fully saturated rings. The van der Waals surface area contributed by atoms with Gasteiger partial charge in [-0.1, -0.05) is 6.07 Å². The topological polar surface area (TPSA) is 62.2 Å². The lowest BCUT2D eigenvalue weighted by Gasteiger charge is -2.32. The van der Waals surface area contributed by atoms with Gasteiger partial charge in [-0.2, -0.15) is 0 Å². The first-order chi connectivity index (χ1) is 11.4. The Morgan fingerprint density at radius 2 is 2.04 bits per heavy atom. The largest absolute Gasteiger partial charge is 0.387 e. The van der Waals surface area contributed by atoms with E-state index in [0.29, 0.717) is 6.07 Å². The van der Waals surface area contributed by atoms with Gasteiger partial charge in [-0.25, -0.2) is 13.2 Å². The maximum atomic E-state index is 15.3. The molecular weight excluding hydrogens is 321 g/mol. The van der Waals surface area contributed by atoms with Crippen molar-refractivity contribution in [3.63, 3.8) is 0 Å². The zero-order valence-electron chi connectivity index (χ0n) is 12.6. The molecule has 1 amide bonds. The van der Waals surface area contributed by atoms with Crippen molar-refractivity contribution in [3.8, 4) is 0 Å². The summed E-state index contributed by atoms with van der Waals surface area (Å²) in [7, 11) is 0. The highest BCUT2D eigenvalue weighted by molar-refractivity contribution is 5.87. The third-order valence-corrected chi connectivity index (χ3v) is 4.08. The Balaban J connectivity index is 1.81. The zero-order chi connectivity index (χ0) is 17.3. The minimum Gasteiger partial charge on any atom is -0.387 e. The minimum absolute atomic E-state index is 0.0201. The van der Waals surface area contributed by atoms with Gasteiger partial charge in [0.15, 0.2) is 0 Å². The second-order valence-electron chi connectivity index (χ2n) is 5.75. The molecule has 0 saturated heterocycles. The molecule has 3 rings (SSSR count). The molecule has 2 N–H and O–H groups in total. The van der Waals surface area contributed by atoms with E-state index in [2.05, 4.69) is 10.3 Å². The van der Waals surface area contributed by atoms with Gasteiger partial charge in [0.05, 0.1) is 11.8 Å². The van der Waals surface area contributed by atoms with Gasteiger partial charge in [-0.15, -0.1) is 0 Å². The van der Waals surface area contributed by atoms with E-state index in [9.17, 15) is 18.7 Å². The van der Waals surface area contributed by atoms with Gasteiger partial charge >= 0.3 is 0 Å². The average Bonchev–Trinajstić information content (AvgIpc) is 2.55. The van der Waals surface area contributed by atoms with Crippen LogP contribution in [0, 0.1) is 11.6 Å².